The maximum Gasteiger partial charge on any atom is 0.243 e. The van der Waals surface area contributed by atoms with Crippen molar-refractivity contribution >= 4 is 21.5 Å². The molecular formula is C23H28N2O3S. The summed E-state index contributed by atoms with van der Waals surface area (Å²) in [4.78, 5) is 15.2. The van der Waals surface area contributed by atoms with E-state index in [9.17, 15) is 13.2 Å². The Morgan fingerprint density at radius 3 is 2.34 bits per heavy atom. The summed E-state index contributed by atoms with van der Waals surface area (Å²) < 4.78 is 27.0. The molecule has 0 unspecified atom stereocenters. The Kier molecular flexibility index (Phi) is 5.70. The Balaban J connectivity index is 1.99. The smallest absolute Gasteiger partial charge is 0.243 e. The van der Waals surface area contributed by atoms with E-state index < -0.39 is 10.0 Å². The highest BCUT2D eigenvalue weighted by Gasteiger charge is 2.38. The van der Waals surface area contributed by atoms with Crippen LogP contribution in [-0.4, -0.2) is 38.6 Å². The molecule has 0 aliphatic carbocycles. The zero-order valence-electron chi connectivity index (χ0n) is 17.6. The second-order valence-electron chi connectivity index (χ2n) is 7.71. The summed E-state index contributed by atoms with van der Waals surface area (Å²) in [5.74, 6) is -0.204. The van der Waals surface area contributed by atoms with Crippen molar-refractivity contribution in [2.24, 2.45) is 0 Å². The van der Waals surface area contributed by atoms with E-state index in [4.69, 9.17) is 0 Å². The predicted octanol–water partition coefficient (Wildman–Crippen LogP) is 4.21. The highest BCUT2D eigenvalue weighted by molar-refractivity contribution is 7.89. The normalized spacial score (nSPS) is 17.0. The van der Waals surface area contributed by atoms with Crippen molar-refractivity contribution in [3.8, 4) is 0 Å². The number of rotatable bonds is 6. The van der Waals surface area contributed by atoms with Crippen LogP contribution < -0.4 is 4.90 Å². The van der Waals surface area contributed by atoms with Gasteiger partial charge in [0.15, 0.2) is 5.78 Å². The van der Waals surface area contributed by atoms with Gasteiger partial charge in [-0.05, 0) is 23.8 Å². The number of nitrogens with zero attached hydrogens (tertiary/aromatic N) is 2. The fourth-order valence-electron chi connectivity index (χ4n) is 3.99. The van der Waals surface area contributed by atoms with Gasteiger partial charge in [0.05, 0.1) is 4.90 Å². The minimum atomic E-state index is -3.61. The van der Waals surface area contributed by atoms with Crippen molar-refractivity contribution in [1.29, 1.82) is 0 Å². The Hall–Kier alpha value is -2.44. The number of allylic oxidation sites excluding steroid dienone is 2. The first kappa shape index (κ1) is 21.3. The predicted molar refractivity (Wildman–Crippen MR) is 117 cm³/mol. The lowest BCUT2D eigenvalue weighted by Crippen LogP contribution is -2.30. The second-order valence-corrected chi connectivity index (χ2v) is 9.65. The molecule has 3 rings (SSSR count). The van der Waals surface area contributed by atoms with Crippen molar-refractivity contribution in [2.45, 2.75) is 38.0 Å². The van der Waals surface area contributed by atoms with Crippen molar-refractivity contribution in [3.05, 3.63) is 71.4 Å². The fourth-order valence-corrected chi connectivity index (χ4v) is 5.49. The highest BCUT2D eigenvalue weighted by atomic mass is 32.2. The molecule has 5 nitrogen and oxygen atoms in total. The summed E-state index contributed by atoms with van der Waals surface area (Å²) in [6.07, 6.45) is 1.63. The lowest BCUT2D eigenvalue weighted by Gasteiger charge is -2.24. The van der Waals surface area contributed by atoms with Crippen LogP contribution in [0.5, 0.6) is 0 Å². The van der Waals surface area contributed by atoms with Gasteiger partial charge in [0.2, 0.25) is 10.0 Å². The third-order valence-corrected chi connectivity index (χ3v) is 7.72. The summed E-state index contributed by atoms with van der Waals surface area (Å²) >= 11 is 0. The van der Waals surface area contributed by atoms with Crippen molar-refractivity contribution in [3.63, 3.8) is 0 Å². The lowest BCUT2D eigenvalue weighted by atomic mass is 9.83. The van der Waals surface area contributed by atoms with Crippen LogP contribution in [0.3, 0.4) is 0 Å². The number of likely N-dealkylation sites (N-methyl/N-ethyl adjacent to an activating group) is 1. The largest absolute Gasteiger partial charge is 0.347 e. The van der Waals surface area contributed by atoms with E-state index >= 15 is 0 Å². The summed E-state index contributed by atoms with van der Waals surface area (Å²) in [6, 6.07) is 14.4. The molecule has 0 saturated heterocycles. The van der Waals surface area contributed by atoms with Crippen LogP contribution in [0.1, 0.15) is 43.6 Å². The molecule has 1 heterocycles. The monoisotopic (exact) mass is 412 g/mol. The molecule has 1 aliphatic rings. The van der Waals surface area contributed by atoms with Gasteiger partial charge in [0.25, 0.3) is 0 Å². The van der Waals surface area contributed by atoms with Gasteiger partial charge in [0, 0.05) is 48.6 Å². The van der Waals surface area contributed by atoms with Gasteiger partial charge in [-0.1, -0.05) is 58.0 Å². The number of para-hydroxylation sites is 1. The molecule has 2 aromatic rings. The first-order valence-corrected chi connectivity index (χ1v) is 11.3. The van der Waals surface area contributed by atoms with Crippen LogP contribution in [0.15, 0.2) is 65.2 Å². The minimum absolute atomic E-state index is 0.146. The molecular weight excluding hydrogens is 384 g/mol. The molecule has 0 atom stereocenters. The standard InChI is InChI=1S/C23H28N2O3S/c1-6-25(7-2)29(27,28)18-12-10-11-17(15-18)21(26)16-22-23(3,4)19-13-8-9-14-20(19)24(22)5/h8-16H,6-7H2,1-5H3/b22-16+. The molecule has 0 aromatic heterocycles. The third-order valence-electron chi connectivity index (χ3n) is 5.67. The van der Waals surface area contributed by atoms with Crippen LogP contribution in [-0.2, 0) is 15.4 Å². The Labute approximate surface area is 173 Å². The van der Waals surface area contributed by atoms with Crippen LogP contribution in [0.2, 0.25) is 0 Å². The average molecular weight is 413 g/mol. The molecule has 0 N–H and O–H groups in total. The fraction of sp³-hybridized carbons (Fsp3) is 0.348. The van der Waals surface area contributed by atoms with Crippen LogP contribution in [0.25, 0.3) is 0 Å². The van der Waals surface area contributed by atoms with Gasteiger partial charge in [-0.15, -0.1) is 0 Å². The van der Waals surface area contributed by atoms with Crippen LogP contribution >= 0.6 is 0 Å². The molecule has 29 heavy (non-hydrogen) atoms. The van der Waals surface area contributed by atoms with Gasteiger partial charge in [0.1, 0.15) is 0 Å². The van der Waals surface area contributed by atoms with Crippen LogP contribution in [0, 0.1) is 0 Å². The van der Waals surface area contributed by atoms with Crippen molar-refractivity contribution in [2.75, 3.05) is 25.0 Å². The summed E-state index contributed by atoms with van der Waals surface area (Å²) in [7, 11) is -1.66. The summed E-state index contributed by atoms with van der Waals surface area (Å²) in [5.41, 5.74) is 3.19. The van der Waals surface area contributed by atoms with E-state index in [-0.39, 0.29) is 16.1 Å². The zero-order chi connectivity index (χ0) is 21.4. The number of hydrogen-bond acceptors (Lipinski definition) is 4. The van der Waals surface area contributed by atoms with Crippen molar-refractivity contribution < 1.29 is 13.2 Å². The molecule has 1 aliphatic heterocycles. The second kappa shape index (κ2) is 7.76. The molecule has 154 valence electrons. The number of carbonyl (C=O) groups is 1. The maximum absolute atomic E-state index is 13.1. The first-order valence-electron chi connectivity index (χ1n) is 9.84. The number of fused-ring (bicyclic) bond motifs is 1. The third kappa shape index (κ3) is 3.63. The molecule has 0 amide bonds. The quantitative estimate of drug-likeness (QED) is 0.527. The Morgan fingerprint density at radius 1 is 1.07 bits per heavy atom. The van der Waals surface area contributed by atoms with E-state index in [0.717, 1.165) is 11.4 Å². The molecule has 0 fully saturated rings. The summed E-state index contributed by atoms with van der Waals surface area (Å²) in [6.45, 7) is 8.56. The van der Waals surface area contributed by atoms with Gasteiger partial charge in [-0.2, -0.15) is 4.31 Å². The maximum atomic E-state index is 13.1. The van der Waals surface area contributed by atoms with Gasteiger partial charge >= 0.3 is 0 Å². The van der Waals surface area contributed by atoms with E-state index in [0.29, 0.717) is 18.7 Å². The van der Waals surface area contributed by atoms with E-state index in [1.165, 1.54) is 15.9 Å². The van der Waals surface area contributed by atoms with Gasteiger partial charge in [-0.25, -0.2) is 8.42 Å². The lowest BCUT2D eigenvalue weighted by molar-refractivity contribution is 0.104. The molecule has 6 heteroatoms. The highest BCUT2D eigenvalue weighted by Crippen LogP contribution is 2.46. The minimum Gasteiger partial charge on any atom is -0.347 e. The molecule has 2 aromatic carbocycles. The van der Waals surface area contributed by atoms with E-state index in [1.54, 1.807) is 38.1 Å². The molecule has 0 saturated carbocycles. The molecule has 0 spiro atoms. The number of sulfonamides is 1. The van der Waals surface area contributed by atoms with E-state index in [1.807, 2.05) is 30.1 Å². The Bertz CT molecular complexity index is 1070. The van der Waals surface area contributed by atoms with Gasteiger partial charge in [-0.3, -0.25) is 4.79 Å². The number of benzene rings is 2. The average Bonchev–Trinajstić information content (AvgIpc) is 2.90. The zero-order valence-corrected chi connectivity index (χ0v) is 18.5. The number of anilines is 1. The van der Waals surface area contributed by atoms with Crippen molar-refractivity contribution in [1.82, 2.24) is 4.31 Å². The van der Waals surface area contributed by atoms with Crippen LogP contribution in [0.4, 0.5) is 5.69 Å². The SMILES string of the molecule is CCN(CC)S(=O)(=O)c1cccc(C(=O)/C=C2/N(C)c3ccccc3C2(C)C)c1. The first-order chi connectivity index (χ1) is 13.6. The summed E-state index contributed by atoms with van der Waals surface area (Å²) in [5, 5.41) is 0. The number of carbonyl (C=O) groups excluding carboxylic acids is 1. The Morgan fingerprint density at radius 2 is 1.72 bits per heavy atom. The van der Waals surface area contributed by atoms with Gasteiger partial charge < -0.3 is 4.90 Å². The number of hydrogen-bond donors (Lipinski definition) is 0. The molecule has 0 radical (unpaired) electrons. The number of ketones is 1. The van der Waals surface area contributed by atoms with E-state index in [2.05, 4.69) is 19.9 Å². The molecule has 0 bridgehead atoms. The topological polar surface area (TPSA) is 57.7 Å².